The van der Waals surface area contributed by atoms with Crippen LogP contribution in [-0.2, 0) is 65.4 Å². The minimum Gasteiger partial charge on any atom is -0.462 e. The van der Waals surface area contributed by atoms with Crippen molar-refractivity contribution in [3.63, 3.8) is 0 Å². The maximum atomic E-state index is 13.2. The van der Waals surface area contributed by atoms with Crippen molar-refractivity contribution in [1.82, 2.24) is 0 Å². The molecular formula is C87H170O17P2. The average Bonchev–Trinajstić information content (AvgIpc) is 0.900. The smallest absolute Gasteiger partial charge is 0.462 e. The number of unbranched alkanes of at least 4 members (excludes halogenated alkanes) is 53. The molecule has 5 atom stereocenters. The molecule has 19 heteroatoms. The zero-order valence-corrected chi connectivity index (χ0v) is 71.7. The lowest BCUT2D eigenvalue weighted by Gasteiger charge is -2.21. The first kappa shape index (κ1) is 104. The van der Waals surface area contributed by atoms with Crippen LogP contribution in [0.1, 0.15) is 459 Å². The van der Waals surface area contributed by atoms with Crippen LogP contribution in [0.4, 0.5) is 0 Å². The van der Waals surface area contributed by atoms with E-state index in [1.54, 1.807) is 0 Å². The molecule has 0 radical (unpaired) electrons. The topological polar surface area (TPSA) is 237 Å². The van der Waals surface area contributed by atoms with E-state index in [0.29, 0.717) is 25.7 Å². The summed E-state index contributed by atoms with van der Waals surface area (Å²) in [5.74, 6) is 0.310. The molecule has 0 amide bonds. The van der Waals surface area contributed by atoms with Gasteiger partial charge in [0.15, 0.2) is 12.2 Å². The molecule has 0 aliphatic carbocycles. The van der Waals surface area contributed by atoms with Gasteiger partial charge in [0.25, 0.3) is 0 Å². The number of ether oxygens (including phenoxy) is 4. The normalized spacial score (nSPS) is 13.9. The van der Waals surface area contributed by atoms with Crippen molar-refractivity contribution < 1.29 is 80.2 Å². The molecule has 0 aliphatic rings. The molecule has 0 saturated heterocycles. The van der Waals surface area contributed by atoms with Crippen LogP contribution >= 0.6 is 15.6 Å². The third kappa shape index (κ3) is 80.1. The second kappa shape index (κ2) is 77.0. The second-order valence-electron chi connectivity index (χ2n) is 32.7. The van der Waals surface area contributed by atoms with E-state index in [-0.39, 0.29) is 25.7 Å². The molecule has 0 saturated carbocycles. The molecule has 0 spiro atoms. The average molecular weight is 1550 g/mol. The van der Waals surface area contributed by atoms with Crippen LogP contribution in [0.25, 0.3) is 0 Å². The first-order chi connectivity index (χ1) is 51.2. The number of rotatable bonds is 85. The zero-order valence-electron chi connectivity index (χ0n) is 69.9. The number of esters is 4. The second-order valence-corrected chi connectivity index (χ2v) is 35.6. The Morgan fingerprint density at radius 2 is 0.434 bits per heavy atom. The van der Waals surface area contributed by atoms with E-state index in [9.17, 15) is 43.2 Å². The van der Waals surface area contributed by atoms with E-state index in [1.165, 1.54) is 270 Å². The molecule has 0 fully saturated rings. The molecule has 106 heavy (non-hydrogen) atoms. The number of hydrogen-bond donors (Lipinski definition) is 3. The van der Waals surface area contributed by atoms with Gasteiger partial charge in [0.05, 0.1) is 26.4 Å². The molecule has 0 bridgehead atoms. The van der Waals surface area contributed by atoms with Crippen molar-refractivity contribution >= 4 is 39.5 Å². The van der Waals surface area contributed by atoms with Crippen LogP contribution in [0, 0.1) is 17.8 Å². The number of carbonyl (C=O) groups is 4. The molecule has 3 N–H and O–H groups in total. The maximum Gasteiger partial charge on any atom is 0.472 e. The quantitative estimate of drug-likeness (QED) is 0.0222. The summed E-state index contributed by atoms with van der Waals surface area (Å²) in [5.41, 5.74) is 0. The molecule has 2 unspecified atom stereocenters. The van der Waals surface area contributed by atoms with E-state index in [2.05, 4.69) is 48.5 Å². The summed E-state index contributed by atoms with van der Waals surface area (Å²) in [7, 11) is -9.93. The molecule has 0 aromatic heterocycles. The van der Waals surface area contributed by atoms with Gasteiger partial charge in [0, 0.05) is 25.7 Å². The Kier molecular flexibility index (Phi) is 75.6. The van der Waals surface area contributed by atoms with Crippen molar-refractivity contribution in [2.24, 2.45) is 17.8 Å². The summed E-state index contributed by atoms with van der Waals surface area (Å²) in [4.78, 5) is 73.3. The summed E-state index contributed by atoms with van der Waals surface area (Å²) in [6.45, 7) is 12.1. The van der Waals surface area contributed by atoms with Crippen molar-refractivity contribution in [1.29, 1.82) is 0 Å². The molecule has 0 rings (SSSR count). The van der Waals surface area contributed by atoms with Gasteiger partial charge in [-0.25, -0.2) is 9.13 Å². The Morgan fingerprint density at radius 3 is 0.642 bits per heavy atom. The van der Waals surface area contributed by atoms with Gasteiger partial charge in [-0.3, -0.25) is 37.3 Å². The summed E-state index contributed by atoms with van der Waals surface area (Å²) >= 11 is 0. The van der Waals surface area contributed by atoms with Gasteiger partial charge < -0.3 is 33.8 Å². The summed E-state index contributed by atoms with van der Waals surface area (Å²) < 4.78 is 69.0. The van der Waals surface area contributed by atoms with E-state index >= 15 is 0 Å². The number of aliphatic hydroxyl groups excluding tert-OH is 1. The number of phosphoric ester groups is 2. The van der Waals surface area contributed by atoms with Gasteiger partial charge in [-0.2, -0.15) is 0 Å². The minimum atomic E-state index is -4.97. The summed E-state index contributed by atoms with van der Waals surface area (Å²) in [6, 6.07) is 0. The van der Waals surface area contributed by atoms with Crippen molar-refractivity contribution in [2.75, 3.05) is 39.6 Å². The van der Waals surface area contributed by atoms with E-state index < -0.39 is 97.5 Å². The minimum absolute atomic E-state index is 0.108. The van der Waals surface area contributed by atoms with Crippen molar-refractivity contribution in [2.45, 2.75) is 478 Å². The van der Waals surface area contributed by atoms with E-state index in [1.807, 2.05) is 0 Å². The predicted octanol–water partition coefficient (Wildman–Crippen LogP) is 26.5. The highest BCUT2D eigenvalue weighted by Crippen LogP contribution is 2.45. The van der Waals surface area contributed by atoms with Crippen molar-refractivity contribution in [3.8, 4) is 0 Å². The Morgan fingerprint density at radius 1 is 0.255 bits per heavy atom. The number of aliphatic hydroxyl groups is 1. The van der Waals surface area contributed by atoms with Gasteiger partial charge in [-0.1, -0.05) is 408 Å². The SMILES string of the molecule is CCCCCCCCCCCCCCC(=O)OC[C@H](COP(=O)(O)OC[C@H](O)COP(=O)(O)OC[C@@H](COC(=O)CCCCCCCCCCCCCCCCCC(C)C)OC(=O)CCCCCCCCCCCCCCCCCCC(C)C)OC(=O)CCCCCCCCCCCCCCCCC(C)C. The van der Waals surface area contributed by atoms with Crippen LogP contribution in [-0.4, -0.2) is 96.7 Å². The van der Waals surface area contributed by atoms with Gasteiger partial charge in [0.2, 0.25) is 0 Å². The molecule has 0 aromatic carbocycles. The fourth-order valence-electron chi connectivity index (χ4n) is 13.5. The predicted molar refractivity (Wildman–Crippen MR) is 437 cm³/mol. The molecule has 630 valence electrons. The third-order valence-electron chi connectivity index (χ3n) is 20.4. The molecule has 0 aliphatic heterocycles. The fraction of sp³-hybridized carbons (Fsp3) is 0.954. The summed E-state index contributed by atoms with van der Waals surface area (Å²) in [6.07, 6.45) is 67.9. The first-order valence-electron chi connectivity index (χ1n) is 44.8. The first-order valence-corrected chi connectivity index (χ1v) is 47.8. The van der Waals surface area contributed by atoms with Gasteiger partial charge in [0.1, 0.15) is 19.3 Å². The van der Waals surface area contributed by atoms with E-state index in [4.69, 9.17) is 37.0 Å². The lowest BCUT2D eigenvalue weighted by Crippen LogP contribution is -2.30. The van der Waals surface area contributed by atoms with Crippen LogP contribution in [0.5, 0.6) is 0 Å². The highest BCUT2D eigenvalue weighted by molar-refractivity contribution is 7.47. The van der Waals surface area contributed by atoms with Crippen LogP contribution in [0.2, 0.25) is 0 Å². The number of hydrogen-bond acceptors (Lipinski definition) is 15. The number of phosphoric acid groups is 2. The van der Waals surface area contributed by atoms with Crippen molar-refractivity contribution in [3.05, 3.63) is 0 Å². The van der Waals surface area contributed by atoms with Crippen LogP contribution in [0.15, 0.2) is 0 Å². The Balaban J connectivity index is 5.26. The summed E-state index contributed by atoms with van der Waals surface area (Å²) in [5, 5.41) is 10.7. The molecule has 17 nitrogen and oxygen atoms in total. The third-order valence-corrected chi connectivity index (χ3v) is 22.3. The molecule has 0 aromatic rings. The Labute approximate surface area is 651 Å². The Hall–Kier alpha value is -1.94. The lowest BCUT2D eigenvalue weighted by atomic mass is 10.0. The van der Waals surface area contributed by atoms with Gasteiger partial charge in [-0.15, -0.1) is 0 Å². The monoisotopic (exact) mass is 1550 g/mol. The fourth-order valence-corrected chi connectivity index (χ4v) is 15.1. The molecular weight excluding hydrogens is 1380 g/mol. The highest BCUT2D eigenvalue weighted by atomic mass is 31.2. The lowest BCUT2D eigenvalue weighted by molar-refractivity contribution is -0.161. The number of carbonyl (C=O) groups excluding carboxylic acids is 4. The molecule has 0 heterocycles. The van der Waals surface area contributed by atoms with Crippen LogP contribution < -0.4 is 0 Å². The van der Waals surface area contributed by atoms with Gasteiger partial charge in [-0.05, 0) is 43.4 Å². The van der Waals surface area contributed by atoms with Gasteiger partial charge >= 0.3 is 39.5 Å². The highest BCUT2D eigenvalue weighted by Gasteiger charge is 2.30. The maximum absolute atomic E-state index is 13.2. The van der Waals surface area contributed by atoms with E-state index in [0.717, 1.165) is 108 Å². The van der Waals surface area contributed by atoms with Crippen LogP contribution in [0.3, 0.4) is 0 Å². The standard InChI is InChI=1S/C87H170O17P2/c1-8-9-10-11-12-13-14-33-40-47-54-61-68-84(89)97-74-82(103-87(92)71-64-57-50-43-36-29-23-22-26-32-39-46-53-60-67-80(6)7)76-101-105(93,94)99-72-81(88)73-100-106(95,96)102-77-83(75-98-85(90)69-62-55-48-41-34-27-21-17-19-25-31-38-45-52-59-66-79(4)5)104-86(91)70-63-56-49-42-35-28-20-16-15-18-24-30-37-44-51-58-65-78(2)3/h78-83,88H,8-77H2,1-7H3,(H,93,94)(H,95,96)/t81-,82+,83+/m0/s1. The zero-order chi connectivity index (χ0) is 77.9. The Bertz CT molecular complexity index is 2040. The largest absolute Gasteiger partial charge is 0.472 e.